The van der Waals surface area contributed by atoms with Crippen LogP contribution in [0.4, 0.5) is 5.69 Å². The van der Waals surface area contributed by atoms with Gasteiger partial charge in [-0.1, -0.05) is 18.2 Å². The van der Waals surface area contributed by atoms with Crippen molar-refractivity contribution in [1.82, 2.24) is 0 Å². The number of hydrogen-bond acceptors (Lipinski definition) is 2. The van der Waals surface area contributed by atoms with Gasteiger partial charge < -0.3 is 10.5 Å². The van der Waals surface area contributed by atoms with Crippen molar-refractivity contribution in [3.8, 4) is 11.5 Å². The number of ether oxygens (including phenoxy) is 1. The van der Waals surface area contributed by atoms with Crippen molar-refractivity contribution in [1.29, 1.82) is 0 Å². The first-order valence-corrected chi connectivity index (χ1v) is 5.92. The Morgan fingerprint density at radius 1 is 1.00 bits per heavy atom. The molecule has 0 fully saturated rings. The highest BCUT2D eigenvalue weighted by molar-refractivity contribution is 7.15. The summed E-state index contributed by atoms with van der Waals surface area (Å²) in [6.07, 6.45) is 0.957. The molecule has 2 aromatic rings. The van der Waals surface area contributed by atoms with Gasteiger partial charge in [0.2, 0.25) is 0 Å². The van der Waals surface area contributed by atoms with Crippen LogP contribution >= 0.6 is 9.24 Å². The summed E-state index contributed by atoms with van der Waals surface area (Å²) in [6.45, 7) is 0. The van der Waals surface area contributed by atoms with Gasteiger partial charge in [0.15, 0.2) is 0 Å². The highest BCUT2D eigenvalue weighted by Crippen LogP contribution is 2.23. The number of hydrogen-bond donors (Lipinski definition) is 1. The largest absolute Gasteiger partial charge is 0.457 e. The molecule has 3 heteroatoms. The second kappa shape index (κ2) is 5.00. The van der Waals surface area contributed by atoms with Crippen molar-refractivity contribution in [2.24, 2.45) is 0 Å². The van der Waals surface area contributed by atoms with Gasteiger partial charge in [-0.25, -0.2) is 0 Å². The zero-order valence-corrected chi connectivity index (χ0v) is 10.0. The molecule has 16 heavy (non-hydrogen) atoms. The highest BCUT2D eigenvalue weighted by atomic mass is 31.0. The third-order valence-corrected chi connectivity index (χ3v) is 2.72. The van der Waals surface area contributed by atoms with Crippen LogP contribution in [-0.4, -0.2) is 0 Å². The molecule has 0 heterocycles. The van der Waals surface area contributed by atoms with Gasteiger partial charge in [0, 0.05) is 11.8 Å². The molecule has 0 aliphatic carbocycles. The van der Waals surface area contributed by atoms with Crippen molar-refractivity contribution < 1.29 is 4.74 Å². The lowest BCUT2D eigenvalue weighted by Crippen LogP contribution is -1.87. The number of benzene rings is 2. The van der Waals surface area contributed by atoms with Gasteiger partial charge in [0.1, 0.15) is 11.5 Å². The van der Waals surface area contributed by atoms with Crippen LogP contribution in [0.15, 0.2) is 48.5 Å². The number of anilines is 1. The van der Waals surface area contributed by atoms with Crippen molar-refractivity contribution >= 4 is 14.9 Å². The quantitative estimate of drug-likeness (QED) is 0.648. The van der Waals surface area contributed by atoms with Crippen molar-refractivity contribution in [3.63, 3.8) is 0 Å². The lowest BCUT2D eigenvalue weighted by atomic mass is 10.2. The van der Waals surface area contributed by atoms with E-state index in [1.807, 2.05) is 36.4 Å². The zero-order chi connectivity index (χ0) is 11.4. The van der Waals surface area contributed by atoms with Crippen LogP contribution in [-0.2, 0) is 6.16 Å². The maximum atomic E-state index is 5.68. The van der Waals surface area contributed by atoms with Gasteiger partial charge in [0.25, 0.3) is 0 Å². The monoisotopic (exact) mass is 231 g/mol. The third-order valence-electron chi connectivity index (χ3n) is 2.25. The maximum Gasteiger partial charge on any atom is 0.129 e. The molecule has 0 amide bonds. The maximum absolute atomic E-state index is 5.68. The van der Waals surface area contributed by atoms with Gasteiger partial charge in [-0.05, 0) is 36.0 Å². The van der Waals surface area contributed by atoms with Crippen LogP contribution in [0.25, 0.3) is 0 Å². The predicted octanol–water partition coefficient (Wildman–Crippen LogP) is 3.44. The van der Waals surface area contributed by atoms with Crippen LogP contribution in [0.2, 0.25) is 0 Å². The van der Waals surface area contributed by atoms with E-state index < -0.39 is 0 Å². The molecule has 1 atom stereocenters. The summed E-state index contributed by atoms with van der Waals surface area (Å²) in [5.74, 6) is 1.59. The third kappa shape index (κ3) is 2.74. The Labute approximate surface area is 97.6 Å². The van der Waals surface area contributed by atoms with Crippen molar-refractivity contribution in [3.05, 3.63) is 54.1 Å². The number of nitrogens with two attached hydrogens (primary N) is 1. The van der Waals surface area contributed by atoms with Gasteiger partial charge in [-0.15, -0.1) is 9.24 Å². The molecule has 0 saturated heterocycles. The standard InChI is InChI=1S/C13H14NOP/c14-11-2-1-3-13(8-11)15-12-6-4-10(9-16)5-7-12/h1-8H,9,14,16H2. The molecule has 82 valence electrons. The Morgan fingerprint density at radius 3 is 2.38 bits per heavy atom. The summed E-state index contributed by atoms with van der Waals surface area (Å²) in [6, 6.07) is 15.4. The Bertz CT molecular complexity index is 468. The van der Waals surface area contributed by atoms with Crippen LogP contribution in [0.1, 0.15) is 5.56 Å². The van der Waals surface area contributed by atoms with E-state index in [-0.39, 0.29) is 0 Å². The van der Waals surface area contributed by atoms with Crippen molar-refractivity contribution in [2.45, 2.75) is 6.16 Å². The van der Waals surface area contributed by atoms with Gasteiger partial charge >= 0.3 is 0 Å². The molecule has 0 aliphatic rings. The van der Waals surface area contributed by atoms with E-state index in [9.17, 15) is 0 Å². The molecule has 0 saturated carbocycles. The Morgan fingerprint density at radius 2 is 1.75 bits per heavy atom. The Kier molecular flexibility index (Phi) is 3.43. The summed E-state index contributed by atoms with van der Waals surface area (Å²) < 4.78 is 5.67. The summed E-state index contributed by atoms with van der Waals surface area (Å²) >= 11 is 0. The Hall–Kier alpha value is -1.53. The summed E-state index contributed by atoms with van der Waals surface area (Å²) in [5, 5.41) is 0. The van der Waals surface area contributed by atoms with E-state index in [2.05, 4.69) is 21.4 Å². The predicted molar refractivity (Wildman–Crippen MR) is 70.8 cm³/mol. The van der Waals surface area contributed by atoms with E-state index in [1.54, 1.807) is 0 Å². The normalized spacial score (nSPS) is 10.1. The van der Waals surface area contributed by atoms with E-state index in [1.165, 1.54) is 5.56 Å². The van der Waals surface area contributed by atoms with Crippen LogP contribution in [0, 0.1) is 0 Å². The van der Waals surface area contributed by atoms with Crippen LogP contribution in [0.3, 0.4) is 0 Å². The molecule has 2 N–H and O–H groups in total. The first-order valence-electron chi connectivity index (χ1n) is 5.10. The second-order valence-electron chi connectivity index (χ2n) is 3.52. The first-order chi connectivity index (χ1) is 7.78. The lowest BCUT2D eigenvalue weighted by molar-refractivity contribution is 0.483. The van der Waals surface area contributed by atoms with E-state index in [0.29, 0.717) is 5.69 Å². The van der Waals surface area contributed by atoms with Crippen molar-refractivity contribution in [2.75, 3.05) is 5.73 Å². The molecule has 2 aromatic carbocycles. The fourth-order valence-corrected chi connectivity index (χ4v) is 1.68. The first kappa shape index (κ1) is 11.0. The molecule has 1 unspecified atom stereocenters. The fraction of sp³-hybridized carbons (Fsp3) is 0.0769. The molecular formula is C13H14NOP. The van der Waals surface area contributed by atoms with Gasteiger partial charge in [0.05, 0.1) is 0 Å². The summed E-state index contributed by atoms with van der Waals surface area (Å²) in [7, 11) is 2.70. The van der Waals surface area contributed by atoms with Crippen LogP contribution in [0.5, 0.6) is 11.5 Å². The second-order valence-corrected chi connectivity index (χ2v) is 3.93. The van der Waals surface area contributed by atoms with E-state index in [0.717, 1.165) is 17.7 Å². The number of rotatable bonds is 3. The fourth-order valence-electron chi connectivity index (χ4n) is 1.41. The summed E-state index contributed by atoms with van der Waals surface area (Å²) in [5.41, 5.74) is 7.65. The Balaban J connectivity index is 2.14. The number of nitrogen functional groups attached to an aromatic ring is 1. The molecule has 0 bridgehead atoms. The molecule has 0 radical (unpaired) electrons. The SMILES string of the molecule is Nc1cccc(Oc2ccc(CP)cc2)c1. The topological polar surface area (TPSA) is 35.2 Å². The minimum Gasteiger partial charge on any atom is -0.457 e. The van der Waals surface area contributed by atoms with E-state index in [4.69, 9.17) is 10.5 Å². The highest BCUT2D eigenvalue weighted by Gasteiger charge is 1.97. The minimum atomic E-state index is 0.707. The molecule has 2 nitrogen and oxygen atoms in total. The lowest BCUT2D eigenvalue weighted by Gasteiger charge is -2.06. The molecule has 0 spiro atoms. The summed E-state index contributed by atoms with van der Waals surface area (Å²) in [4.78, 5) is 0. The average Bonchev–Trinajstić information content (AvgIpc) is 2.30. The smallest absolute Gasteiger partial charge is 0.129 e. The molecule has 0 aliphatic heterocycles. The molecular weight excluding hydrogens is 217 g/mol. The molecule has 2 rings (SSSR count). The molecule has 0 aromatic heterocycles. The van der Waals surface area contributed by atoms with E-state index >= 15 is 0 Å². The van der Waals surface area contributed by atoms with Gasteiger partial charge in [-0.3, -0.25) is 0 Å². The van der Waals surface area contributed by atoms with Gasteiger partial charge in [-0.2, -0.15) is 0 Å². The zero-order valence-electron chi connectivity index (χ0n) is 8.89. The van der Waals surface area contributed by atoms with Crippen LogP contribution < -0.4 is 10.5 Å². The minimum absolute atomic E-state index is 0.707. The average molecular weight is 231 g/mol.